The lowest BCUT2D eigenvalue weighted by Crippen LogP contribution is -2.67. The second kappa shape index (κ2) is 13.7. The van der Waals surface area contributed by atoms with E-state index in [4.69, 9.17) is 28.4 Å². The average Bonchev–Trinajstić information content (AvgIpc) is 3.43. The minimum Gasteiger partial charge on any atom is -0.504 e. The van der Waals surface area contributed by atoms with Crippen LogP contribution in [0.15, 0.2) is 66.7 Å². The van der Waals surface area contributed by atoms with Gasteiger partial charge in [-0.15, -0.1) is 0 Å². The van der Waals surface area contributed by atoms with Crippen LogP contribution in [0.1, 0.15) is 57.7 Å². The van der Waals surface area contributed by atoms with Crippen molar-refractivity contribution in [3.8, 4) is 23.0 Å². The molecule has 62 heavy (non-hydrogen) atoms. The van der Waals surface area contributed by atoms with Crippen LogP contribution in [-0.2, 0) is 62.2 Å². The van der Waals surface area contributed by atoms with E-state index in [1.165, 1.54) is 45.4 Å². The van der Waals surface area contributed by atoms with Crippen molar-refractivity contribution in [2.24, 2.45) is 51.8 Å². The van der Waals surface area contributed by atoms with Crippen molar-refractivity contribution in [3.63, 3.8) is 0 Å². The van der Waals surface area contributed by atoms with Gasteiger partial charge in [0.1, 0.15) is 6.10 Å². The summed E-state index contributed by atoms with van der Waals surface area (Å²) in [6.45, 7) is 8.50. The van der Waals surface area contributed by atoms with E-state index in [0.29, 0.717) is 16.7 Å². The SMILES string of the molecule is COc1cc(CC(=O)OC[C@]23C[C@@]4(OC(=O)Cc5ccc(O)c(OC)c5)C(=O)[C@@]2(C)[C@H]2[C@H]3[C@H]3[C@@H]5C(C)(C)[C@]5(OC(C)=O)[C@H](OC(=O)Cc5ccccc5)[C@@H](C)[C@]3(O)[C@H]24)ccc1O. The predicted molar refractivity (Wildman–Crippen MR) is 217 cm³/mol. The number of ether oxygens (including phenoxy) is 6. The maximum Gasteiger partial charge on any atom is 0.311 e. The first-order chi connectivity index (χ1) is 29.3. The van der Waals surface area contributed by atoms with E-state index in [1.807, 2.05) is 39.0 Å². The smallest absolute Gasteiger partial charge is 0.311 e. The Kier molecular flexibility index (Phi) is 9.21. The molecule has 0 spiro atoms. The molecular formula is C48H52O14. The lowest BCUT2D eigenvalue weighted by Gasteiger charge is -2.65. The third kappa shape index (κ3) is 5.21. The highest BCUT2D eigenvalue weighted by Crippen LogP contribution is 2.94. The number of fused-ring (bicyclic) bond motifs is 8. The number of esters is 4. The van der Waals surface area contributed by atoms with E-state index in [1.54, 1.807) is 31.2 Å². The molecule has 3 aromatic carbocycles. The van der Waals surface area contributed by atoms with Crippen molar-refractivity contribution >= 4 is 29.7 Å². The third-order valence-electron chi connectivity index (χ3n) is 16.3. The molecule has 3 N–H and O–H groups in total. The summed E-state index contributed by atoms with van der Waals surface area (Å²) >= 11 is 0. The van der Waals surface area contributed by atoms with Crippen molar-refractivity contribution in [1.29, 1.82) is 0 Å². The summed E-state index contributed by atoms with van der Waals surface area (Å²) in [7, 11) is 2.78. The zero-order chi connectivity index (χ0) is 44.5. The zero-order valence-corrected chi connectivity index (χ0v) is 35.8. The molecule has 0 saturated heterocycles. The molecule has 0 amide bonds. The van der Waals surface area contributed by atoms with Crippen LogP contribution in [-0.4, -0.2) is 88.7 Å². The van der Waals surface area contributed by atoms with Crippen molar-refractivity contribution in [1.82, 2.24) is 0 Å². The fraction of sp³-hybridized carbons (Fsp3) is 0.521. The topological polar surface area (TPSA) is 201 Å². The van der Waals surface area contributed by atoms with Gasteiger partial charge in [-0.25, -0.2) is 0 Å². The number of Topliss-reactive ketones (excluding diaryl/α,β-unsaturated/α-hetero) is 1. The summed E-state index contributed by atoms with van der Waals surface area (Å²) in [4.78, 5) is 70.1. The van der Waals surface area contributed by atoms with Crippen LogP contribution in [0.25, 0.3) is 0 Å². The number of benzene rings is 3. The number of rotatable bonds is 13. The maximum atomic E-state index is 15.3. The van der Waals surface area contributed by atoms with E-state index < -0.39 is 98.5 Å². The molecule has 3 aromatic rings. The fourth-order valence-corrected chi connectivity index (χ4v) is 14.1. The van der Waals surface area contributed by atoms with Crippen LogP contribution in [0.2, 0.25) is 0 Å². The predicted octanol–water partition coefficient (Wildman–Crippen LogP) is 4.69. The van der Waals surface area contributed by atoms with Gasteiger partial charge in [-0.1, -0.05) is 70.2 Å². The molecule has 12 atom stereocenters. The van der Waals surface area contributed by atoms with Gasteiger partial charge >= 0.3 is 23.9 Å². The summed E-state index contributed by atoms with van der Waals surface area (Å²) in [6.07, 6.45) is -1.72. The lowest BCUT2D eigenvalue weighted by atomic mass is 9.37. The highest BCUT2D eigenvalue weighted by Gasteiger charge is 3.02. The van der Waals surface area contributed by atoms with Crippen LogP contribution in [0.4, 0.5) is 0 Å². The second-order valence-corrected chi connectivity index (χ2v) is 19.1. The number of ketones is 1. The van der Waals surface area contributed by atoms with Gasteiger partial charge in [-0.2, -0.15) is 0 Å². The maximum absolute atomic E-state index is 15.3. The molecule has 6 fully saturated rings. The van der Waals surface area contributed by atoms with Crippen molar-refractivity contribution in [3.05, 3.63) is 83.4 Å². The Morgan fingerprint density at radius 1 is 0.726 bits per heavy atom. The van der Waals surface area contributed by atoms with Crippen molar-refractivity contribution in [2.45, 2.75) is 83.2 Å². The number of methoxy groups -OCH3 is 2. The van der Waals surface area contributed by atoms with E-state index in [-0.39, 0.29) is 61.1 Å². The van der Waals surface area contributed by atoms with E-state index >= 15 is 4.79 Å². The second-order valence-electron chi connectivity index (χ2n) is 19.1. The van der Waals surface area contributed by atoms with Crippen LogP contribution in [0.3, 0.4) is 0 Å². The number of phenolic OH excluding ortho intramolecular Hbond substituents is 2. The first kappa shape index (κ1) is 41.7. The van der Waals surface area contributed by atoms with Crippen LogP contribution in [0, 0.1) is 51.8 Å². The van der Waals surface area contributed by atoms with Crippen LogP contribution < -0.4 is 9.47 Å². The van der Waals surface area contributed by atoms with Gasteiger partial charge in [0.2, 0.25) is 0 Å². The number of aromatic hydroxyl groups is 2. The number of phenols is 2. The van der Waals surface area contributed by atoms with Crippen molar-refractivity contribution in [2.75, 3.05) is 20.8 Å². The summed E-state index contributed by atoms with van der Waals surface area (Å²) < 4.78 is 35.8. The molecule has 2 bridgehead atoms. The van der Waals surface area contributed by atoms with E-state index in [0.717, 1.165) is 0 Å². The molecule has 14 nitrogen and oxygen atoms in total. The Morgan fingerprint density at radius 2 is 1.31 bits per heavy atom. The quantitative estimate of drug-likeness (QED) is 0.158. The van der Waals surface area contributed by atoms with E-state index in [2.05, 4.69) is 0 Å². The average molecular weight is 853 g/mol. The summed E-state index contributed by atoms with van der Waals surface area (Å²) in [5.74, 6) is -6.84. The minimum absolute atomic E-state index is 0.0379. The number of aliphatic hydroxyl groups is 1. The molecule has 6 saturated carbocycles. The molecule has 328 valence electrons. The Morgan fingerprint density at radius 3 is 1.89 bits per heavy atom. The normalized spacial score (nSPS) is 37.0. The number of carbonyl (C=O) groups is 5. The standard InChI is InChI=1S/C48H52O14/c1-24-41(60-34(53)19-26-11-9-8-10-12-26)48(61-25(2)49)39(43(48,3)4)38-36-37-40(47(24,38)56)46(62-35(54)21-28-14-16-30(51)32(18-28)58-7)22-45(36,44(37,5)42(46)55)23-59-33(52)20-27-13-15-29(50)31(17-27)57-6/h8-18,24,36-41,50-51,56H,19-23H2,1-7H3/t24-,36+,37+,38+,39-,40-,41-,44-,45+,46+,47-,48-/m1/s1. The van der Waals surface area contributed by atoms with Crippen molar-refractivity contribution < 1.29 is 67.7 Å². The number of carbonyl (C=O) groups excluding carboxylic acids is 5. The van der Waals surface area contributed by atoms with Gasteiger partial charge in [-0.3, -0.25) is 24.0 Å². The monoisotopic (exact) mass is 852 g/mol. The first-order valence-corrected chi connectivity index (χ1v) is 21.1. The van der Waals surface area contributed by atoms with Crippen LogP contribution >= 0.6 is 0 Å². The van der Waals surface area contributed by atoms with Gasteiger partial charge in [0, 0.05) is 47.3 Å². The van der Waals surface area contributed by atoms with Crippen LogP contribution in [0.5, 0.6) is 23.0 Å². The number of hydrogen-bond donors (Lipinski definition) is 3. The lowest BCUT2D eigenvalue weighted by molar-refractivity contribution is -0.243. The Balaban J connectivity index is 1.12. The molecule has 0 aromatic heterocycles. The minimum atomic E-state index is -1.86. The van der Waals surface area contributed by atoms with Gasteiger partial charge < -0.3 is 43.7 Å². The molecule has 0 heterocycles. The first-order valence-electron chi connectivity index (χ1n) is 21.1. The summed E-state index contributed by atoms with van der Waals surface area (Å²) in [6, 6.07) is 18.0. The number of hydrogen-bond acceptors (Lipinski definition) is 14. The zero-order valence-electron chi connectivity index (χ0n) is 35.8. The molecule has 6 aliphatic rings. The molecule has 0 unspecified atom stereocenters. The Hall–Kier alpha value is -5.63. The Bertz CT molecular complexity index is 2410. The van der Waals surface area contributed by atoms with E-state index in [9.17, 15) is 34.5 Å². The molecular weight excluding hydrogens is 801 g/mol. The largest absolute Gasteiger partial charge is 0.504 e. The molecule has 14 heteroatoms. The van der Waals surface area contributed by atoms with Gasteiger partial charge in [0.25, 0.3) is 0 Å². The summed E-state index contributed by atoms with van der Waals surface area (Å²) in [5.41, 5.74) is -6.47. The Labute approximate surface area is 358 Å². The molecule has 0 aliphatic heterocycles. The third-order valence-corrected chi connectivity index (χ3v) is 16.3. The van der Waals surface area contributed by atoms with Gasteiger partial charge in [-0.05, 0) is 58.7 Å². The molecule has 0 radical (unpaired) electrons. The molecule has 9 rings (SSSR count). The fourth-order valence-electron chi connectivity index (χ4n) is 14.1. The van der Waals surface area contributed by atoms with Gasteiger partial charge in [0.15, 0.2) is 40.0 Å². The molecule has 6 aliphatic carbocycles. The summed E-state index contributed by atoms with van der Waals surface area (Å²) in [5, 5.41) is 34.1. The van der Waals surface area contributed by atoms with Gasteiger partial charge in [0.05, 0.1) is 45.7 Å². The highest BCUT2D eigenvalue weighted by atomic mass is 16.6. The highest BCUT2D eigenvalue weighted by molar-refractivity contribution is 6.03.